The first-order valence-electron chi connectivity index (χ1n) is 7.33. The summed E-state index contributed by atoms with van der Waals surface area (Å²) in [7, 11) is 1.27. The average molecular weight is 345 g/mol. The lowest BCUT2D eigenvalue weighted by molar-refractivity contribution is -0.387. The number of nitro benzene ring substituents is 1. The summed E-state index contributed by atoms with van der Waals surface area (Å²) in [5.41, 5.74) is 0.541. The third-order valence-electron chi connectivity index (χ3n) is 3.57. The lowest BCUT2D eigenvalue weighted by atomic mass is 10.2. The number of rotatable bonds is 6. The molecule has 0 bridgehead atoms. The summed E-state index contributed by atoms with van der Waals surface area (Å²) in [6.07, 6.45) is 8.55. The Morgan fingerprint density at radius 2 is 2.29 bits per heavy atom. The van der Waals surface area contributed by atoms with Crippen LogP contribution in [0, 0.1) is 10.1 Å². The van der Waals surface area contributed by atoms with E-state index in [0.29, 0.717) is 16.5 Å². The highest BCUT2D eigenvalue weighted by atomic mass is 32.2. The minimum absolute atomic E-state index is 0.0163. The fourth-order valence-electron chi connectivity index (χ4n) is 2.21. The summed E-state index contributed by atoms with van der Waals surface area (Å²) < 4.78 is 6.57. The molecule has 0 spiro atoms. The molecular formula is C16H15N3O4S. The number of hydrogen-bond donors (Lipinski definition) is 0. The van der Waals surface area contributed by atoms with Crippen LogP contribution < -0.4 is 0 Å². The summed E-state index contributed by atoms with van der Waals surface area (Å²) >= 11 is 1.28. The first-order chi connectivity index (χ1) is 11.6. The molecular weight excluding hydrogens is 330 g/mol. The third kappa shape index (κ3) is 3.65. The maximum absolute atomic E-state index is 11.4. The zero-order valence-corrected chi connectivity index (χ0v) is 13.7. The van der Waals surface area contributed by atoms with Crippen LogP contribution in [0.2, 0.25) is 0 Å². The van der Waals surface area contributed by atoms with Gasteiger partial charge < -0.3 is 9.30 Å². The van der Waals surface area contributed by atoms with Crippen LogP contribution in [-0.4, -0.2) is 27.6 Å². The molecule has 7 nitrogen and oxygen atoms in total. The summed E-state index contributed by atoms with van der Waals surface area (Å²) in [4.78, 5) is 26.9. The summed E-state index contributed by atoms with van der Waals surface area (Å²) in [5.74, 6) is -0.512. The average Bonchev–Trinajstić information content (AvgIpc) is 3.32. The number of aromatic nitrogens is 2. The van der Waals surface area contributed by atoms with Gasteiger partial charge >= 0.3 is 5.97 Å². The van der Waals surface area contributed by atoms with Gasteiger partial charge in [-0.05, 0) is 42.3 Å². The molecule has 1 heterocycles. The molecule has 0 radical (unpaired) electrons. The molecule has 1 aliphatic carbocycles. The Morgan fingerprint density at radius 3 is 2.96 bits per heavy atom. The monoisotopic (exact) mass is 345 g/mol. The second-order valence-corrected chi connectivity index (χ2v) is 6.30. The number of carbonyl (C=O) groups is 1. The Bertz CT molecular complexity index is 811. The highest BCUT2D eigenvalue weighted by Crippen LogP contribution is 2.41. The number of benzene rings is 1. The minimum Gasteiger partial charge on any atom is -0.466 e. The van der Waals surface area contributed by atoms with Gasteiger partial charge in [0.25, 0.3) is 5.69 Å². The number of carbonyl (C=O) groups excluding carboxylic acids is 1. The molecule has 0 saturated heterocycles. The highest BCUT2D eigenvalue weighted by molar-refractivity contribution is 7.99. The topological polar surface area (TPSA) is 87.3 Å². The van der Waals surface area contributed by atoms with Gasteiger partial charge in [0.05, 0.1) is 16.9 Å². The van der Waals surface area contributed by atoms with E-state index < -0.39 is 10.9 Å². The van der Waals surface area contributed by atoms with Gasteiger partial charge in [-0.1, -0.05) is 6.07 Å². The molecule has 1 aliphatic rings. The molecule has 1 saturated carbocycles. The van der Waals surface area contributed by atoms with E-state index in [1.807, 2.05) is 6.20 Å². The van der Waals surface area contributed by atoms with Crippen molar-refractivity contribution in [3.05, 3.63) is 52.3 Å². The first kappa shape index (κ1) is 16.3. The van der Waals surface area contributed by atoms with Gasteiger partial charge in [-0.25, -0.2) is 9.78 Å². The fourth-order valence-corrected chi connectivity index (χ4v) is 3.21. The van der Waals surface area contributed by atoms with E-state index in [1.54, 1.807) is 18.3 Å². The fraction of sp³-hybridized carbons (Fsp3) is 0.250. The maximum Gasteiger partial charge on any atom is 0.330 e. The first-order valence-corrected chi connectivity index (χ1v) is 8.15. The Balaban J connectivity index is 1.87. The SMILES string of the molecule is COC(=O)/C=C\c1ccc(Sc2nccn2C2CC2)c([N+](=O)[O-])c1. The van der Waals surface area contributed by atoms with Gasteiger partial charge in [0.15, 0.2) is 5.16 Å². The molecule has 3 rings (SSSR count). The smallest absolute Gasteiger partial charge is 0.330 e. The van der Waals surface area contributed by atoms with Crippen molar-refractivity contribution in [2.75, 3.05) is 7.11 Å². The molecule has 124 valence electrons. The lowest BCUT2D eigenvalue weighted by Gasteiger charge is -2.06. The second kappa shape index (κ2) is 6.88. The van der Waals surface area contributed by atoms with E-state index in [-0.39, 0.29) is 5.69 Å². The van der Waals surface area contributed by atoms with Gasteiger partial charge in [0.1, 0.15) is 0 Å². The Morgan fingerprint density at radius 1 is 1.50 bits per heavy atom. The molecule has 1 fully saturated rings. The lowest BCUT2D eigenvalue weighted by Crippen LogP contribution is -1.97. The molecule has 1 aromatic heterocycles. The van der Waals surface area contributed by atoms with Crippen LogP contribution in [0.25, 0.3) is 6.08 Å². The van der Waals surface area contributed by atoms with Crippen molar-refractivity contribution in [1.82, 2.24) is 9.55 Å². The van der Waals surface area contributed by atoms with Crippen LogP contribution in [0.3, 0.4) is 0 Å². The van der Waals surface area contributed by atoms with E-state index in [9.17, 15) is 14.9 Å². The van der Waals surface area contributed by atoms with Gasteiger partial charge in [0, 0.05) is 30.6 Å². The van der Waals surface area contributed by atoms with Gasteiger partial charge in [-0.15, -0.1) is 0 Å². The quantitative estimate of drug-likeness (QED) is 0.345. The third-order valence-corrected chi connectivity index (χ3v) is 4.63. The summed E-state index contributed by atoms with van der Waals surface area (Å²) in [6.45, 7) is 0. The molecule has 2 aromatic rings. The van der Waals surface area contributed by atoms with E-state index >= 15 is 0 Å². The van der Waals surface area contributed by atoms with E-state index in [2.05, 4.69) is 14.3 Å². The van der Waals surface area contributed by atoms with Crippen molar-refractivity contribution in [1.29, 1.82) is 0 Å². The predicted molar refractivity (Wildman–Crippen MR) is 88.8 cm³/mol. The van der Waals surface area contributed by atoms with Crippen molar-refractivity contribution < 1.29 is 14.5 Å². The normalized spacial score (nSPS) is 14.0. The number of nitrogens with zero attached hydrogens (tertiary/aromatic N) is 3. The van der Waals surface area contributed by atoms with E-state index in [4.69, 9.17) is 0 Å². The Labute approximate surface area is 142 Å². The Kier molecular flexibility index (Phi) is 4.66. The molecule has 0 N–H and O–H groups in total. The van der Waals surface area contributed by atoms with Crippen LogP contribution in [0.1, 0.15) is 24.4 Å². The molecule has 0 unspecified atom stereocenters. The molecule has 0 atom stereocenters. The minimum atomic E-state index is -0.512. The van der Waals surface area contributed by atoms with Crippen molar-refractivity contribution in [2.24, 2.45) is 0 Å². The standard InChI is InChI=1S/C16H15N3O4S/c1-23-15(20)7-3-11-2-6-14(13(10-11)19(21)22)24-16-17-8-9-18(16)12-4-5-12/h2-3,6-10,12H,4-5H2,1H3/b7-3-. The van der Waals surface area contributed by atoms with E-state index in [0.717, 1.165) is 18.0 Å². The van der Waals surface area contributed by atoms with Crippen LogP contribution in [0.15, 0.2) is 46.7 Å². The summed E-state index contributed by atoms with van der Waals surface area (Å²) in [5, 5.41) is 12.1. The second-order valence-electron chi connectivity index (χ2n) is 5.29. The largest absolute Gasteiger partial charge is 0.466 e. The highest BCUT2D eigenvalue weighted by Gasteiger charge is 2.26. The molecule has 1 aromatic carbocycles. The van der Waals surface area contributed by atoms with Crippen molar-refractivity contribution in [3.63, 3.8) is 0 Å². The van der Waals surface area contributed by atoms with Crippen molar-refractivity contribution >= 4 is 29.5 Å². The Hall–Kier alpha value is -2.61. The zero-order valence-electron chi connectivity index (χ0n) is 12.9. The zero-order chi connectivity index (χ0) is 17.1. The van der Waals surface area contributed by atoms with Crippen LogP contribution in [0.4, 0.5) is 5.69 Å². The van der Waals surface area contributed by atoms with Crippen LogP contribution in [0.5, 0.6) is 0 Å². The molecule has 0 aliphatic heterocycles. The van der Waals surface area contributed by atoms with Crippen LogP contribution in [-0.2, 0) is 9.53 Å². The van der Waals surface area contributed by atoms with Crippen LogP contribution >= 0.6 is 11.8 Å². The number of ether oxygens (including phenoxy) is 1. The number of esters is 1. The van der Waals surface area contributed by atoms with Crippen molar-refractivity contribution in [3.8, 4) is 0 Å². The number of nitro groups is 1. The number of hydrogen-bond acceptors (Lipinski definition) is 6. The molecule has 24 heavy (non-hydrogen) atoms. The number of methoxy groups -OCH3 is 1. The molecule has 0 amide bonds. The number of imidazole rings is 1. The molecule has 8 heteroatoms. The summed E-state index contributed by atoms with van der Waals surface area (Å²) in [6, 6.07) is 5.29. The van der Waals surface area contributed by atoms with Gasteiger partial charge in [0.2, 0.25) is 0 Å². The van der Waals surface area contributed by atoms with Gasteiger partial charge in [-0.3, -0.25) is 10.1 Å². The van der Waals surface area contributed by atoms with Gasteiger partial charge in [-0.2, -0.15) is 0 Å². The van der Waals surface area contributed by atoms with Crippen molar-refractivity contribution in [2.45, 2.75) is 28.9 Å². The van der Waals surface area contributed by atoms with E-state index in [1.165, 1.54) is 37.1 Å². The maximum atomic E-state index is 11.4. The predicted octanol–water partition coefficient (Wildman–Crippen LogP) is 3.46.